The van der Waals surface area contributed by atoms with Crippen molar-refractivity contribution >= 4 is 22.9 Å². The largest absolute Gasteiger partial charge is 0.481 e. The Morgan fingerprint density at radius 1 is 1.32 bits per heavy atom. The highest BCUT2D eigenvalue weighted by Crippen LogP contribution is 2.18. The number of rotatable bonds is 4. The van der Waals surface area contributed by atoms with Gasteiger partial charge in [0.1, 0.15) is 5.82 Å². The number of carboxylic acids is 1. The molecule has 1 aromatic carbocycles. The van der Waals surface area contributed by atoms with E-state index in [1.54, 1.807) is 4.57 Å². The quantitative estimate of drug-likeness (QED) is 0.915. The molecular weight excluding hydrogens is 244 g/mol. The Morgan fingerprint density at radius 3 is 2.63 bits per heavy atom. The molecule has 100 valence electrons. The predicted octanol–water partition coefficient (Wildman–Crippen LogP) is 2.35. The third kappa shape index (κ3) is 2.65. The van der Waals surface area contributed by atoms with Gasteiger partial charge in [0.15, 0.2) is 0 Å². The number of hydrogen-bond donors (Lipinski definition) is 1. The molecule has 0 aliphatic carbocycles. The van der Waals surface area contributed by atoms with Crippen LogP contribution < -0.4 is 0 Å². The zero-order valence-electron chi connectivity index (χ0n) is 11.0. The summed E-state index contributed by atoms with van der Waals surface area (Å²) in [4.78, 5) is 27.3. The van der Waals surface area contributed by atoms with Crippen molar-refractivity contribution in [3.63, 3.8) is 0 Å². The molecule has 0 spiro atoms. The summed E-state index contributed by atoms with van der Waals surface area (Å²) < 4.78 is 1.54. The van der Waals surface area contributed by atoms with E-state index in [1.807, 2.05) is 38.1 Å². The van der Waals surface area contributed by atoms with Crippen molar-refractivity contribution in [3.8, 4) is 0 Å². The Labute approximate surface area is 110 Å². The topological polar surface area (TPSA) is 72.2 Å². The van der Waals surface area contributed by atoms with Gasteiger partial charge in [0.2, 0.25) is 5.91 Å². The molecule has 0 radical (unpaired) electrons. The normalized spacial score (nSPS) is 11.1. The number of carbonyl (C=O) groups is 2. The number of imidazole rings is 1. The second kappa shape index (κ2) is 5.22. The average molecular weight is 260 g/mol. The van der Waals surface area contributed by atoms with E-state index in [4.69, 9.17) is 5.11 Å². The summed E-state index contributed by atoms with van der Waals surface area (Å²) in [6.07, 6.45) is 0.219. The van der Waals surface area contributed by atoms with Crippen LogP contribution in [0.4, 0.5) is 0 Å². The van der Waals surface area contributed by atoms with Crippen LogP contribution in [0, 0.1) is 5.92 Å². The van der Waals surface area contributed by atoms with Crippen molar-refractivity contribution in [2.75, 3.05) is 0 Å². The van der Waals surface area contributed by atoms with Crippen molar-refractivity contribution in [3.05, 3.63) is 30.1 Å². The Hall–Kier alpha value is -2.17. The number of aliphatic carboxylic acids is 1. The first kappa shape index (κ1) is 13.3. The summed E-state index contributed by atoms with van der Waals surface area (Å²) in [5, 5.41) is 8.77. The highest BCUT2D eigenvalue weighted by molar-refractivity contribution is 5.92. The van der Waals surface area contributed by atoms with E-state index in [0.29, 0.717) is 5.82 Å². The molecule has 0 bridgehead atoms. The SMILES string of the molecule is CC(C)C(=O)n1c(CCC(=O)O)nc2ccccc21. The smallest absolute Gasteiger partial charge is 0.303 e. The number of benzene rings is 1. The van der Waals surface area contributed by atoms with Gasteiger partial charge < -0.3 is 5.11 Å². The minimum absolute atomic E-state index is 0.0330. The minimum Gasteiger partial charge on any atom is -0.481 e. The zero-order chi connectivity index (χ0) is 14.0. The molecule has 1 N–H and O–H groups in total. The number of aromatic nitrogens is 2. The Morgan fingerprint density at radius 2 is 2.00 bits per heavy atom. The molecule has 0 saturated heterocycles. The van der Waals surface area contributed by atoms with Crippen molar-refractivity contribution in [1.29, 1.82) is 0 Å². The van der Waals surface area contributed by atoms with Gasteiger partial charge in [-0.15, -0.1) is 0 Å². The molecule has 0 unspecified atom stereocenters. The van der Waals surface area contributed by atoms with Crippen LogP contribution in [0.25, 0.3) is 11.0 Å². The fourth-order valence-corrected chi connectivity index (χ4v) is 1.97. The zero-order valence-corrected chi connectivity index (χ0v) is 11.0. The van der Waals surface area contributed by atoms with Gasteiger partial charge in [-0.2, -0.15) is 0 Å². The number of hydrogen-bond acceptors (Lipinski definition) is 3. The lowest BCUT2D eigenvalue weighted by Gasteiger charge is -2.09. The monoisotopic (exact) mass is 260 g/mol. The first-order valence-corrected chi connectivity index (χ1v) is 6.23. The highest BCUT2D eigenvalue weighted by Gasteiger charge is 2.19. The van der Waals surface area contributed by atoms with Crippen LogP contribution in [0.5, 0.6) is 0 Å². The summed E-state index contributed by atoms with van der Waals surface area (Å²) in [5.41, 5.74) is 1.46. The number of nitrogens with zero attached hydrogens (tertiary/aromatic N) is 2. The highest BCUT2D eigenvalue weighted by atomic mass is 16.4. The number of carboxylic acid groups (broad SMARTS) is 1. The molecular formula is C14H16N2O3. The van der Waals surface area contributed by atoms with Gasteiger partial charge in [-0.3, -0.25) is 14.2 Å². The molecule has 0 atom stereocenters. The van der Waals surface area contributed by atoms with Crippen LogP contribution in [-0.4, -0.2) is 26.5 Å². The molecule has 0 aliphatic heterocycles. The fraction of sp³-hybridized carbons (Fsp3) is 0.357. The van der Waals surface area contributed by atoms with Gasteiger partial charge in [0, 0.05) is 12.3 Å². The van der Waals surface area contributed by atoms with Gasteiger partial charge in [0.05, 0.1) is 17.5 Å². The number of carbonyl (C=O) groups excluding carboxylic acids is 1. The third-order valence-corrected chi connectivity index (χ3v) is 2.91. The van der Waals surface area contributed by atoms with Crippen molar-refractivity contribution in [1.82, 2.24) is 9.55 Å². The van der Waals surface area contributed by atoms with E-state index >= 15 is 0 Å². The minimum atomic E-state index is -0.893. The van der Waals surface area contributed by atoms with Gasteiger partial charge in [-0.05, 0) is 12.1 Å². The van der Waals surface area contributed by atoms with Crippen LogP contribution in [0.2, 0.25) is 0 Å². The summed E-state index contributed by atoms with van der Waals surface area (Å²) >= 11 is 0. The lowest BCUT2D eigenvalue weighted by molar-refractivity contribution is -0.137. The molecule has 19 heavy (non-hydrogen) atoms. The maximum absolute atomic E-state index is 12.3. The van der Waals surface area contributed by atoms with Gasteiger partial charge in [-0.25, -0.2) is 4.98 Å². The van der Waals surface area contributed by atoms with Crippen LogP contribution >= 0.6 is 0 Å². The van der Waals surface area contributed by atoms with Crippen molar-refractivity contribution < 1.29 is 14.7 Å². The van der Waals surface area contributed by atoms with E-state index in [1.165, 1.54) is 0 Å². The van der Waals surface area contributed by atoms with Crippen LogP contribution in [-0.2, 0) is 11.2 Å². The van der Waals surface area contributed by atoms with Crippen molar-refractivity contribution in [2.24, 2.45) is 5.92 Å². The Bertz CT molecular complexity index is 629. The first-order chi connectivity index (χ1) is 9.00. The van der Waals surface area contributed by atoms with Crippen molar-refractivity contribution in [2.45, 2.75) is 26.7 Å². The van der Waals surface area contributed by atoms with E-state index in [-0.39, 0.29) is 24.7 Å². The average Bonchev–Trinajstić information content (AvgIpc) is 2.73. The maximum atomic E-state index is 12.3. The lowest BCUT2D eigenvalue weighted by Crippen LogP contribution is -2.20. The lowest BCUT2D eigenvalue weighted by atomic mass is 10.2. The second-order valence-corrected chi connectivity index (χ2v) is 4.74. The molecule has 5 heteroatoms. The predicted molar refractivity (Wildman–Crippen MR) is 71.2 cm³/mol. The van der Waals surface area contributed by atoms with Gasteiger partial charge in [-0.1, -0.05) is 26.0 Å². The molecule has 0 aliphatic rings. The summed E-state index contributed by atoms with van der Waals surface area (Å²) in [6.45, 7) is 3.64. The molecule has 0 amide bonds. The van der Waals surface area contributed by atoms with Gasteiger partial charge >= 0.3 is 5.97 Å². The van der Waals surface area contributed by atoms with E-state index < -0.39 is 5.97 Å². The number of para-hydroxylation sites is 2. The van der Waals surface area contributed by atoms with E-state index in [0.717, 1.165) is 11.0 Å². The Kier molecular flexibility index (Phi) is 3.64. The molecule has 0 fully saturated rings. The molecule has 5 nitrogen and oxygen atoms in total. The molecule has 1 aromatic heterocycles. The standard InChI is InChI=1S/C14H16N2O3/c1-9(2)14(19)16-11-6-4-3-5-10(11)15-12(16)7-8-13(17)18/h3-6,9H,7-8H2,1-2H3,(H,17,18). The van der Waals surface area contributed by atoms with E-state index in [9.17, 15) is 9.59 Å². The molecule has 0 saturated carbocycles. The number of fused-ring (bicyclic) bond motifs is 1. The fourth-order valence-electron chi connectivity index (χ4n) is 1.97. The first-order valence-electron chi connectivity index (χ1n) is 6.23. The summed E-state index contributed by atoms with van der Waals surface area (Å²) in [7, 11) is 0. The van der Waals surface area contributed by atoms with Crippen LogP contribution in [0.15, 0.2) is 24.3 Å². The van der Waals surface area contributed by atoms with Gasteiger partial charge in [0.25, 0.3) is 0 Å². The molecule has 1 heterocycles. The molecule has 2 aromatic rings. The van der Waals surface area contributed by atoms with Crippen LogP contribution in [0.1, 0.15) is 30.9 Å². The second-order valence-electron chi connectivity index (χ2n) is 4.74. The maximum Gasteiger partial charge on any atom is 0.303 e. The number of aryl methyl sites for hydroxylation is 1. The summed E-state index contributed by atoms with van der Waals surface area (Å²) in [6, 6.07) is 7.34. The molecule has 2 rings (SSSR count). The third-order valence-electron chi connectivity index (χ3n) is 2.91. The Balaban J connectivity index is 2.52. The van der Waals surface area contributed by atoms with Crippen LogP contribution in [0.3, 0.4) is 0 Å². The van der Waals surface area contributed by atoms with E-state index in [2.05, 4.69) is 4.98 Å². The summed E-state index contributed by atoms with van der Waals surface area (Å²) in [5.74, 6) is -0.604.